The summed E-state index contributed by atoms with van der Waals surface area (Å²) in [5.74, 6) is 0.950. The van der Waals surface area contributed by atoms with Crippen molar-refractivity contribution in [3.8, 4) is 5.75 Å². The zero-order valence-corrected chi connectivity index (χ0v) is 15.5. The highest BCUT2D eigenvalue weighted by molar-refractivity contribution is 7.22. The molecular formula is C20H18N2O3S. The van der Waals surface area contributed by atoms with Crippen molar-refractivity contribution < 1.29 is 13.9 Å². The lowest BCUT2D eigenvalue weighted by Gasteiger charge is -2.03. The van der Waals surface area contributed by atoms with E-state index in [1.165, 1.54) is 16.9 Å². The third-order valence-corrected chi connectivity index (χ3v) is 5.18. The molecule has 5 nitrogen and oxygen atoms in total. The molecule has 4 aromatic rings. The molecule has 0 aliphatic heterocycles. The van der Waals surface area contributed by atoms with Gasteiger partial charge in [0, 0.05) is 5.39 Å². The Balaban J connectivity index is 1.62. The van der Waals surface area contributed by atoms with Gasteiger partial charge in [0.2, 0.25) is 0 Å². The van der Waals surface area contributed by atoms with Gasteiger partial charge in [-0.15, -0.1) is 0 Å². The molecular weight excluding hydrogens is 348 g/mol. The molecule has 132 valence electrons. The summed E-state index contributed by atoms with van der Waals surface area (Å²) < 4.78 is 12.0. The second-order valence-corrected chi connectivity index (χ2v) is 7.37. The number of amides is 1. The highest BCUT2D eigenvalue weighted by Gasteiger charge is 2.16. The third-order valence-electron chi connectivity index (χ3n) is 4.25. The van der Waals surface area contributed by atoms with Crippen molar-refractivity contribution in [2.75, 3.05) is 12.4 Å². The molecule has 0 radical (unpaired) electrons. The Bertz CT molecular complexity index is 1110. The van der Waals surface area contributed by atoms with Gasteiger partial charge in [-0.05, 0) is 35.7 Å². The number of furan rings is 1. The van der Waals surface area contributed by atoms with Gasteiger partial charge in [-0.2, -0.15) is 0 Å². The number of ether oxygens (including phenoxy) is 1. The molecule has 0 aliphatic rings. The molecule has 2 heterocycles. The standard InChI is InChI=1S/C20H18N2O3S/c1-11(2)12-7-8-14-17(10-12)26-20(21-14)22-19(23)16-9-13-5-4-6-15(24-3)18(13)25-16/h4-11H,1-3H3,(H,21,22,23). The SMILES string of the molecule is COc1cccc2cc(C(=O)Nc3nc4ccc(C(C)C)cc4s3)oc12. The van der Waals surface area contributed by atoms with Gasteiger partial charge >= 0.3 is 0 Å². The van der Waals surface area contributed by atoms with Gasteiger partial charge in [0.25, 0.3) is 5.91 Å². The topological polar surface area (TPSA) is 64.4 Å². The number of thiazole rings is 1. The van der Waals surface area contributed by atoms with Crippen molar-refractivity contribution in [2.24, 2.45) is 0 Å². The number of anilines is 1. The van der Waals surface area contributed by atoms with Crippen molar-refractivity contribution in [2.45, 2.75) is 19.8 Å². The molecule has 2 aromatic carbocycles. The van der Waals surface area contributed by atoms with Crippen molar-refractivity contribution in [3.05, 3.63) is 53.8 Å². The van der Waals surface area contributed by atoms with E-state index in [-0.39, 0.29) is 11.7 Å². The number of methoxy groups -OCH3 is 1. The first-order valence-corrected chi connectivity index (χ1v) is 9.15. The predicted molar refractivity (Wildman–Crippen MR) is 104 cm³/mol. The van der Waals surface area contributed by atoms with E-state index in [1.807, 2.05) is 18.2 Å². The number of nitrogens with one attached hydrogen (secondary N) is 1. The first-order chi connectivity index (χ1) is 12.5. The maximum atomic E-state index is 12.6. The Labute approximate surface area is 154 Å². The molecule has 0 saturated heterocycles. The number of fused-ring (bicyclic) bond motifs is 2. The van der Waals surface area contributed by atoms with E-state index >= 15 is 0 Å². The molecule has 0 bridgehead atoms. The van der Waals surface area contributed by atoms with E-state index in [0.29, 0.717) is 22.4 Å². The zero-order chi connectivity index (χ0) is 18.3. The van der Waals surface area contributed by atoms with Crippen LogP contribution in [0.4, 0.5) is 5.13 Å². The summed E-state index contributed by atoms with van der Waals surface area (Å²) >= 11 is 1.46. The van der Waals surface area contributed by atoms with E-state index in [2.05, 4.69) is 36.3 Å². The second-order valence-electron chi connectivity index (χ2n) is 6.34. The Hall–Kier alpha value is -2.86. The lowest BCUT2D eigenvalue weighted by atomic mass is 10.0. The van der Waals surface area contributed by atoms with Gasteiger partial charge in [0.15, 0.2) is 22.2 Å². The normalized spacial score (nSPS) is 11.4. The Morgan fingerprint density at radius 1 is 1.23 bits per heavy atom. The fraction of sp³-hybridized carbons (Fsp3) is 0.200. The predicted octanol–water partition coefficient (Wildman–Crippen LogP) is 5.43. The molecule has 1 N–H and O–H groups in total. The van der Waals surface area contributed by atoms with Crippen LogP contribution in [-0.4, -0.2) is 18.0 Å². The van der Waals surface area contributed by atoms with Crippen molar-refractivity contribution >= 4 is 43.6 Å². The fourth-order valence-electron chi connectivity index (χ4n) is 2.82. The molecule has 0 fully saturated rings. The van der Waals surface area contributed by atoms with E-state index in [9.17, 15) is 4.79 Å². The summed E-state index contributed by atoms with van der Waals surface area (Å²) in [6, 6.07) is 13.4. The average molecular weight is 366 g/mol. The maximum Gasteiger partial charge on any atom is 0.293 e. The minimum absolute atomic E-state index is 0.228. The number of hydrogen-bond acceptors (Lipinski definition) is 5. The average Bonchev–Trinajstić information content (AvgIpc) is 3.23. The van der Waals surface area contributed by atoms with Crippen LogP contribution >= 0.6 is 11.3 Å². The second kappa shape index (κ2) is 6.46. The molecule has 6 heteroatoms. The van der Waals surface area contributed by atoms with Gasteiger partial charge in [-0.3, -0.25) is 10.1 Å². The van der Waals surface area contributed by atoms with Crippen LogP contribution in [0.15, 0.2) is 46.9 Å². The van der Waals surface area contributed by atoms with Crippen molar-refractivity contribution in [1.29, 1.82) is 0 Å². The van der Waals surface area contributed by atoms with Gasteiger partial charge < -0.3 is 9.15 Å². The fourth-order valence-corrected chi connectivity index (χ4v) is 3.73. The van der Waals surface area contributed by atoms with Crippen molar-refractivity contribution in [3.63, 3.8) is 0 Å². The monoisotopic (exact) mass is 366 g/mol. The van der Waals surface area contributed by atoms with Crippen LogP contribution in [0.3, 0.4) is 0 Å². The molecule has 0 unspecified atom stereocenters. The molecule has 0 spiro atoms. The van der Waals surface area contributed by atoms with Crippen LogP contribution in [0, 0.1) is 0 Å². The van der Waals surface area contributed by atoms with Gasteiger partial charge in [-0.1, -0.05) is 43.4 Å². The lowest BCUT2D eigenvalue weighted by Crippen LogP contribution is -2.10. The number of hydrogen-bond donors (Lipinski definition) is 1. The maximum absolute atomic E-state index is 12.6. The molecule has 26 heavy (non-hydrogen) atoms. The highest BCUT2D eigenvalue weighted by atomic mass is 32.1. The van der Waals surface area contributed by atoms with Gasteiger partial charge in [-0.25, -0.2) is 4.98 Å². The van der Waals surface area contributed by atoms with Crippen molar-refractivity contribution in [1.82, 2.24) is 4.98 Å². The molecule has 0 atom stereocenters. The lowest BCUT2D eigenvalue weighted by molar-refractivity contribution is 0.0998. The minimum Gasteiger partial charge on any atom is -0.493 e. The Morgan fingerprint density at radius 2 is 2.08 bits per heavy atom. The van der Waals surface area contributed by atoms with Crippen LogP contribution in [0.2, 0.25) is 0 Å². The molecule has 1 amide bonds. The number of nitrogens with zero attached hydrogens (tertiary/aromatic N) is 1. The third kappa shape index (κ3) is 2.93. The summed E-state index contributed by atoms with van der Waals surface area (Å²) in [5, 5.41) is 4.20. The van der Waals surface area contributed by atoms with Crippen LogP contribution < -0.4 is 10.1 Å². The van der Waals surface area contributed by atoms with Crippen LogP contribution in [0.5, 0.6) is 5.75 Å². The van der Waals surface area contributed by atoms with Gasteiger partial charge in [0.1, 0.15) is 0 Å². The molecule has 2 aromatic heterocycles. The van der Waals surface area contributed by atoms with E-state index < -0.39 is 0 Å². The molecule has 4 rings (SSSR count). The first kappa shape index (κ1) is 16.6. The summed E-state index contributed by atoms with van der Waals surface area (Å²) in [7, 11) is 1.57. The highest BCUT2D eigenvalue weighted by Crippen LogP contribution is 2.31. The zero-order valence-electron chi connectivity index (χ0n) is 14.7. The summed E-state index contributed by atoms with van der Waals surface area (Å²) in [6.07, 6.45) is 0. The largest absolute Gasteiger partial charge is 0.493 e. The Morgan fingerprint density at radius 3 is 2.85 bits per heavy atom. The Kier molecular flexibility index (Phi) is 4.12. The number of carbonyl (C=O) groups is 1. The number of benzene rings is 2. The quantitative estimate of drug-likeness (QED) is 0.523. The summed E-state index contributed by atoms with van der Waals surface area (Å²) in [4.78, 5) is 17.0. The first-order valence-electron chi connectivity index (χ1n) is 8.33. The van der Waals surface area contributed by atoms with Crippen LogP contribution in [0.25, 0.3) is 21.2 Å². The number of rotatable bonds is 4. The van der Waals surface area contributed by atoms with Crippen LogP contribution in [0.1, 0.15) is 35.9 Å². The van der Waals surface area contributed by atoms with E-state index in [4.69, 9.17) is 9.15 Å². The number of aromatic nitrogens is 1. The van der Waals surface area contributed by atoms with Crippen LogP contribution in [-0.2, 0) is 0 Å². The number of para-hydroxylation sites is 1. The van der Waals surface area contributed by atoms with E-state index in [1.54, 1.807) is 19.2 Å². The minimum atomic E-state index is -0.327. The number of carbonyl (C=O) groups excluding carboxylic acids is 1. The molecule has 0 saturated carbocycles. The smallest absolute Gasteiger partial charge is 0.293 e. The molecule has 0 aliphatic carbocycles. The van der Waals surface area contributed by atoms with Gasteiger partial charge in [0.05, 0.1) is 17.3 Å². The summed E-state index contributed by atoms with van der Waals surface area (Å²) in [5.41, 5.74) is 2.69. The van der Waals surface area contributed by atoms with E-state index in [0.717, 1.165) is 15.6 Å². The summed E-state index contributed by atoms with van der Waals surface area (Å²) in [6.45, 7) is 4.31.